The van der Waals surface area contributed by atoms with Crippen LogP contribution in [0.3, 0.4) is 0 Å². The fraction of sp³-hybridized carbons (Fsp3) is 0.600. The van der Waals surface area contributed by atoms with Crippen LogP contribution in [0.1, 0.15) is 44.6 Å². The maximum absolute atomic E-state index is 10.9. The van der Waals surface area contributed by atoms with Crippen molar-refractivity contribution in [1.29, 1.82) is 0 Å². The molecule has 2 heteroatoms. The molecule has 0 saturated heterocycles. The Balaban J connectivity index is 2.30. The molecule has 1 aliphatic rings. The third-order valence-corrected chi connectivity index (χ3v) is 4.01. The molecule has 2 rings (SSSR count). The van der Waals surface area contributed by atoms with E-state index in [2.05, 4.69) is 6.92 Å². The van der Waals surface area contributed by atoms with E-state index >= 15 is 0 Å². The van der Waals surface area contributed by atoms with Crippen LogP contribution in [-0.2, 0) is 5.60 Å². The van der Waals surface area contributed by atoms with E-state index in [1.54, 1.807) is 7.11 Å². The highest BCUT2D eigenvalue weighted by Crippen LogP contribution is 2.43. The van der Waals surface area contributed by atoms with Crippen LogP contribution >= 0.6 is 0 Å². The molecule has 0 aromatic heterocycles. The standard InChI is InChI=1S/C15H22O2/c1-3-12-7-6-10-15(16,11-12)13-8-4-5-9-14(13)17-2/h4-5,8-9,12,16H,3,6-7,10-11H2,1-2H3. The highest BCUT2D eigenvalue weighted by Gasteiger charge is 2.37. The average Bonchev–Trinajstić information content (AvgIpc) is 2.38. The lowest BCUT2D eigenvalue weighted by atomic mass is 9.73. The van der Waals surface area contributed by atoms with E-state index < -0.39 is 5.60 Å². The van der Waals surface area contributed by atoms with Gasteiger partial charge in [-0.3, -0.25) is 0 Å². The minimum atomic E-state index is -0.689. The molecule has 1 aromatic carbocycles. The van der Waals surface area contributed by atoms with Gasteiger partial charge in [0, 0.05) is 5.56 Å². The molecule has 1 N–H and O–H groups in total. The van der Waals surface area contributed by atoms with E-state index in [-0.39, 0.29) is 0 Å². The SMILES string of the molecule is CCC1CCCC(O)(c2ccccc2OC)C1. The topological polar surface area (TPSA) is 29.5 Å². The Kier molecular flexibility index (Phi) is 3.72. The molecule has 0 aliphatic heterocycles. The molecule has 0 heterocycles. The zero-order valence-electron chi connectivity index (χ0n) is 10.8. The summed E-state index contributed by atoms with van der Waals surface area (Å²) in [6.07, 6.45) is 5.21. The Morgan fingerprint density at radius 1 is 1.41 bits per heavy atom. The first-order valence-electron chi connectivity index (χ1n) is 6.55. The third-order valence-electron chi connectivity index (χ3n) is 4.01. The van der Waals surface area contributed by atoms with E-state index in [1.165, 1.54) is 6.42 Å². The summed E-state index contributed by atoms with van der Waals surface area (Å²) in [5.41, 5.74) is 0.270. The largest absolute Gasteiger partial charge is 0.496 e. The zero-order valence-corrected chi connectivity index (χ0v) is 10.8. The van der Waals surface area contributed by atoms with Crippen molar-refractivity contribution in [3.63, 3.8) is 0 Å². The number of rotatable bonds is 3. The van der Waals surface area contributed by atoms with Crippen LogP contribution in [0.15, 0.2) is 24.3 Å². The molecular weight excluding hydrogens is 212 g/mol. The van der Waals surface area contributed by atoms with Gasteiger partial charge < -0.3 is 9.84 Å². The molecular formula is C15H22O2. The first-order chi connectivity index (χ1) is 8.19. The zero-order chi connectivity index (χ0) is 12.3. The van der Waals surface area contributed by atoms with Crippen LogP contribution in [0.2, 0.25) is 0 Å². The van der Waals surface area contributed by atoms with Crippen molar-refractivity contribution >= 4 is 0 Å². The molecule has 0 spiro atoms. The molecule has 17 heavy (non-hydrogen) atoms. The van der Waals surface area contributed by atoms with Crippen LogP contribution < -0.4 is 4.74 Å². The average molecular weight is 234 g/mol. The molecule has 0 amide bonds. The lowest BCUT2D eigenvalue weighted by Gasteiger charge is -2.37. The predicted molar refractivity (Wildman–Crippen MR) is 69.1 cm³/mol. The molecule has 0 radical (unpaired) electrons. The van der Waals surface area contributed by atoms with Gasteiger partial charge in [0.25, 0.3) is 0 Å². The molecule has 1 aromatic rings. The number of para-hydroxylation sites is 1. The molecule has 1 aliphatic carbocycles. The monoisotopic (exact) mass is 234 g/mol. The fourth-order valence-corrected chi connectivity index (χ4v) is 2.99. The first kappa shape index (κ1) is 12.4. The van der Waals surface area contributed by atoms with Gasteiger partial charge in [0.1, 0.15) is 5.75 Å². The van der Waals surface area contributed by atoms with Crippen molar-refractivity contribution in [2.45, 2.75) is 44.6 Å². The Morgan fingerprint density at radius 3 is 2.88 bits per heavy atom. The highest BCUT2D eigenvalue weighted by molar-refractivity contribution is 5.38. The summed E-state index contributed by atoms with van der Waals surface area (Å²) in [5, 5.41) is 10.9. The Morgan fingerprint density at radius 2 is 2.18 bits per heavy atom. The van der Waals surface area contributed by atoms with Crippen molar-refractivity contribution < 1.29 is 9.84 Å². The Bertz CT molecular complexity index is 375. The van der Waals surface area contributed by atoms with Gasteiger partial charge in [-0.15, -0.1) is 0 Å². The summed E-state index contributed by atoms with van der Waals surface area (Å²) >= 11 is 0. The first-order valence-corrected chi connectivity index (χ1v) is 6.55. The molecule has 0 bridgehead atoms. The second kappa shape index (κ2) is 5.09. The van der Waals surface area contributed by atoms with Gasteiger partial charge in [-0.05, 0) is 31.2 Å². The third kappa shape index (κ3) is 2.47. The van der Waals surface area contributed by atoms with Crippen LogP contribution in [0.5, 0.6) is 5.75 Å². The van der Waals surface area contributed by atoms with Gasteiger partial charge in [0.15, 0.2) is 0 Å². The van der Waals surface area contributed by atoms with E-state index in [0.717, 1.165) is 37.0 Å². The summed E-state index contributed by atoms with van der Waals surface area (Å²) in [6.45, 7) is 2.21. The quantitative estimate of drug-likeness (QED) is 0.867. The van der Waals surface area contributed by atoms with Gasteiger partial charge in [-0.1, -0.05) is 38.0 Å². The van der Waals surface area contributed by atoms with Crippen LogP contribution in [0.4, 0.5) is 0 Å². The number of methoxy groups -OCH3 is 1. The number of ether oxygens (including phenoxy) is 1. The Hall–Kier alpha value is -1.02. The summed E-state index contributed by atoms with van der Waals surface area (Å²) in [4.78, 5) is 0. The van der Waals surface area contributed by atoms with E-state index in [0.29, 0.717) is 5.92 Å². The highest BCUT2D eigenvalue weighted by atomic mass is 16.5. The van der Waals surface area contributed by atoms with Crippen LogP contribution in [-0.4, -0.2) is 12.2 Å². The maximum Gasteiger partial charge on any atom is 0.124 e. The second-order valence-electron chi connectivity index (χ2n) is 5.10. The lowest BCUT2D eigenvalue weighted by molar-refractivity contribution is -0.0233. The van der Waals surface area contributed by atoms with Gasteiger partial charge in [-0.25, -0.2) is 0 Å². The Labute approximate surface area is 104 Å². The van der Waals surface area contributed by atoms with Crippen molar-refractivity contribution in [1.82, 2.24) is 0 Å². The van der Waals surface area contributed by atoms with Crippen LogP contribution in [0, 0.1) is 5.92 Å². The minimum Gasteiger partial charge on any atom is -0.496 e. The normalized spacial score (nSPS) is 29.0. The van der Waals surface area contributed by atoms with E-state index in [9.17, 15) is 5.11 Å². The predicted octanol–water partition coefficient (Wildman–Crippen LogP) is 3.48. The van der Waals surface area contributed by atoms with Gasteiger partial charge in [-0.2, -0.15) is 0 Å². The molecule has 94 valence electrons. The van der Waals surface area contributed by atoms with Crippen molar-refractivity contribution in [2.75, 3.05) is 7.11 Å². The summed E-state index contributed by atoms with van der Waals surface area (Å²) in [7, 11) is 1.67. The summed E-state index contributed by atoms with van der Waals surface area (Å²) < 4.78 is 5.37. The van der Waals surface area contributed by atoms with Crippen molar-refractivity contribution in [3.05, 3.63) is 29.8 Å². The van der Waals surface area contributed by atoms with Crippen molar-refractivity contribution in [3.8, 4) is 5.75 Å². The fourth-order valence-electron chi connectivity index (χ4n) is 2.99. The lowest BCUT2D eigenvalue weighted by Crippen LogP contribution is -2.32. The minimum absolute atomic E-state index is 0.638. The molecule has 2 unspecified atom stereocenters. The van der Waals surface area contributed by atoms with Gasteiger partial charge >= 0.3 is 0 Å². The number of hydrogen-bond acceptors (Lipinski definition) is 2. The molecule has 2 atom stereocenters. The van der Waals surface area contributed by atoms with Gasteiger partial charge in [0.2, 0.25) is 0 Å². The summed E-state index contributed by atoms with van der Waals surface area (Å²) in [6, 6.07) is 7.86. The smallest absolute Gasteiger partial charge is 0.124 e. The summed E-state index contributed by atoms with van der Waals surface area (Å²) in [5.74, 6) is 1.45. The van der Waals surface area contributed by atoms with Gasteiger partial charge in [0.05, 0.1) is 12.7 Å². The van der Waals surface area contributed by atoms with Crippen LogP contribution in [0.25, 0.3) is 0 Å². The van der Waals surface area contributed by atoms with E-state index in [1.807, 2.05) is 24.3 Å². The molecule has 2 nitrogen and oxygen atoms in total. The number of hydrogen-bond donors (Lipinski definition) is 1. The second-order valence-corrected chi connectivity index (χ2v) is 5.10. The van der Waals surface area contributed by atoms with Crippen molar-refractivity contribution in [2.24, 2.45) is 5.92 Å². The molecule has 1 saturated carbocycles. The van der Waals surface area contributed by atoms with E-state index in [4.69, 9.17) is 4.74 Å². The molecule has 1 fully saturated rings. The maximum atomic E-state index is 10.9. The number of aliphatic hydroxyl groups is 1. The number of benzene rings is 1.